The van der Waals surface area contributed by atoms with Crippen LogP contribution in [0.5, 0.6) is 0 Å². The summed E-state index contributed by atoms with van der Waals surface area (Å²) in [5.41, 5.74) is 16.0. The lowest BCUT2D eigenvalue weighted by Gasteiger charge is -2.34. The molecule has 1 aliphatic rings. The van der Waals surface area contributed by atoms with Gasteiger partial charge in [0.1, 0.15) is 5.82 Å². The first kappa shape index (κ1) is 30.8. The molecule has 250 valence electrons. The summed E-state index contributed by atoms with van der Waals surface area (Å²) < 4.78 is 2.25. The van der Waals surface area contributed by atoms with Crippen LogP contribution in [-0.2, 0) is 6.54 Å². The molecule has 2 heterocycles. The molecule has 1 aromatic heterocycles. The highest BCUT2D eigenvalue weighted by Gasteiger charge is 2.25. The average Bonchev–Trinajstić information content (AvgIpc) is 3.63. The SMILES string of the molecule is C=Nc1ccccc1N1Cc2ccc(-c3ccc4cc(-c5ccc(-c6nc7ccccc7n6-c6ccccc6)cc5)ccc4c3)cc2-c2ccccc21. The van der Waals surface area contributed by atoms with Crippen LogP contribution >= 0.6 is 0 Å². The second-order valence-electron chi connectivity index (χ2n) is 13.6. The monoisotopic (exact) mass is 678 g/mol. The van der Waals surface area contributed by atoms with Gasteiger partial charge in [-0.3, -0.25) is 9.56 Å². The smallest absolute Gasteiger partial charge is 0.145 e. The number of benzene rings is 8. The van der Waals surface area contributed by atoms with Crippen LogP contribution in [0.4, 0.5) is 17.1 Å². The van der Waals surface area contributed by atoms with Crippen LogP contribution in [0.3, 0.4) is 0 Å². The van der Waals surface area contributed by atoms with Crippen molar-refractivity contribution in [1.29, 1.82) is 0 Å². The van der Waals surface area contributed by atoms with Gasteiger partial charge in [-0.2, -0.15) is 0 Å². The van der Waals surface area contributed by atoms with Gasteiger partial charge in [-0.05, 0) is 112 Å². The normalized spacial score (nSPS) is 12.1. The number of hydrogen-bond donors (Lipinski definition) is 0. The second-order valence-corrected chi connectivity index (χ2v) is 13.6. The standard InChI is InChI=1S/C49H34N4/c1-50-44-14-6-9-17-47(44)52-32-40-28-27-39(31-43(40)42-13-5-8-16-46(42)52)38-26-25-36-29-35(23-24-37(36)30-38)33-19-21-34(22-20-33)49-51-45-15-7-10-18-48(45)53(49)41-11-3-2-4-12-41/h2-31H,1,32H2. The van der Waals surface area contributed by atoms with Gasteiger partial charge in [-0.25, -0.2) is 4.98 Å². The minimum atomic E-state index is 0.772. The maximum Gasteiger partial charge on any atom is 0.145 e. The van der Waals surface area contributed by atoms with Crippen molar-refractivity contribution < 1.29 is 0 Å². The zero-order valence-corrected chi connectivity index (χ0v) is 29.0. The first-order valence-corrected chi connectivity index (χ1v) is 18.0. The number of para-hydroxylation sites is 6. The van der Waals surface area contributed by atoms with Gasteiger partial charge in [0.25, 0.3) is 0 Å². The Kier molecular flexibility index (Phi) is 7.33. The molecule has 0 amide bonds. The van der Waals surface area contributed by atoms with E-state index in [1.807, 2.05) is 24.3 Å². The van der Waals surface area contributed by atoms with E-state index in [4.69, 9.17) is 4.98 Å². The highest BCUT2D eigenvalue weighted by Crippen LogP contribution is 2.46. The van der Waals surface area contributed by atoms with E-state index < -0.39 is 0 Å². The quantitative estimate of drug-likeness (QED) is 0.164. The number of aliphatic imine (C=N–C) groups is 1. The third-order valence-corrected chi connectivity index (χ3v) is 10.5. The molecule has 53 heavy (non-hydrogen) atoms. The number of hydrogen-bond acceptors (Lipinski definition) is 3. The summed E-state index contributed by atoms with van der Waals surface area (Å²) in [5.74, 6) is 0.938. The van der Waals surface area contributed by atoms with Crippen molar-refractivity contribution in [3.8, 4) is 50.5 Å². The van der Waals surface area contributed by atoms with Gasteiger partial charge >= 0.3 is 0 Å². The Morgan fingerprint density at radius 3 is 1.89 bits per heavy atom. The fraction of sp³-hybridized carbons (Fsp3) is 0.0204. The highest BCUT2D eigenvalue weighted by molar-refractivity contribution is 5.94. The van der Waals surface area contributed by atoms with Crippen molar-refractivity contribution in [3.63, 3.8) is 0 Å². The van der Waals surface area contributed by atoms with E-state index in [9.17, 15) is 0 Å². The molecule has 4 nitrogen and oxygen atoms in total. The van der Waals surface area contributed by atoms with Crippen LogP contribution in [-0.4, -0.2) is 16.3 Å². The van der Waals surface area contributed by atoms with Crippen LogP contribution in [0, 0.1) is 0 Å². The number of anilines is 2. The predicted octanol–water partition coefficient (Wildman–Crippen LogP) is 12.8. The van der Waals surface area contributed by atoms with E-state index in [-0.39, 0.29) is 0 Å². The summed E-state index contributed by atoms with van der Waals surface area (Å²) >= 11 is 0. The summed E-state index contributed by atoms with van der Waals surface area (Å²) in [6, 6.07) is 64.9. The molecule has 0 unspecified atom stereocenters. The van der Waals surface area contributed by atoms with Gasteiger partial charge in [0.05, 0.1) is 22.4 Å². The minimum absolute atomic E-state index is 0.772. The first-order chi connectivity index (χ1) is 26.2. The van der Waals surface area contributed by atoms with Crippen molar-refractivity contribution >= 4 is 45.6 Å². The number of fused-ring (bicyclic) bond motifs is 5. The molecule has 0 aliphatic carbocycles. The van der Waals surface area contributed by atoms with E-state index in [0.29, 0.717) is 0 Å². The van der Waals surface area contributed by atoms with Crippen LogP contribution in [0.15, 0.2) is 187 Å². The lowest BCUT2D eigenvalue weighted by atomic mass is 9.89. The Balaban J connectivity index is 0.955. The predicted molar refractivity (Wildman–Crippen MR) is 222 cm³/mol. The molecule has 1 aliphatic heterocycles. The van der Waals surface area contributed by atoms with Crippen molar-refractivity contribution in [2.75, 3.05) is 4.90 Å². The van der Waals surface area contributed by atoms with Crippen molar-refractivity contribution in [2.45, 2.75) is 6.54 Å². The van der Waals surface area contributed by atoms with Gasteiger partial charge in [0.2, 0.25) is 0 Å². The first-order valence-electron chi connectivity index (χ1n) is 18.0. The topological polar surface area (TPSA) is 33.4 Å². The molecule has 0 spiro atoms. The van der Waals surface area contributed by atoms with Gasteiger partial charge < -0.3 is 4.90 Å². The summed E-state index contributed by atoms with van der Waals surface area (Å²) in [4.78, 5) is 11.7. The summed E-state index contributed by atoms with van der Waals surface area (Å²) in [6.07, 6.45) is 0. The zero-order valence-electron chi connectivity index (χ0n) is 29.0. The molecule has 0 fully saturated rings. The van der Waals surface area contributed by atoms with Crippen LogP contribution in [0.1, 0.15) is 5.56 Å². The van der Waals surface area contributed by atoms with E-state index in [1.54, 1.807) is 0 Å². The fourth-order valence-corrected chi connectivity index (χ4v) is 7.85. The number of aromatic nitrogens is 2. The lowest BCUT2D eigenvalue weighted by Crippen LogP contribution is -2.21. The third kappa shape index (κ3) is 5.31. The molecule has 0 saturated heterocycles. The summed E-state index contributed by atoms with van der Waals surface area (Å²) in [7, 11) is 0. The average molecular weight is 679 g/mol. The number of imidazole rings is 1. The molecule has 0 atom stereocenters. The van der Waals surface area contributed by atoms with Crippen LogP contribution in [0.25, 0.3) is 72.3 Å². The Bertz CT molecular complexity index is 2830. The molecule has 0 saturated carbocycles. The molecule has 0 N–H and O–H groups in total. The van der Waals surface area contributed by atoms with Crippen LogP contribution in [0.2, 0.25) is 0 Å². The maximum atomic E-state index is 5.05. The Labute approximate surface area is 308 Å². The Hall–Kier alpha value is -7.04. The highest BCUT2D eigenvalue weighted by atomic mass is 15.2. The van der Waals surface area contributed by atoms with Gasteiger partial charge in [0.15, 0.2) is 0 Å². The van der Waals surface area contributed by atoms with E-state index in [2.05, 4.69) is 179 Å². The molecule has 8 aromatic carbocycles. The Morgan fingerprint density at radius 1 is 0.491 bits per heavy atom. The summed E-state index contributed by atoms with van der Waals surface area (Å²) in [6.45, 7) is 4.60. The van der Waals surface area contributed by atoms with Crippen molar-refractivity contribution in [1.82, 2.24) is 9.55 Å². The summed E-state index contributed by atoms with van der Waals surface area (Å²) in [5, 5.41) is 2.44. The van der Waals surface area contributed by atoms with Gasteiger partial charge in [-0.1, -0.05) is 121 Å². The van der Waals surface area contributed by atoms with Crippen LogP contribution < -0.4 is 4.90 Å². The molecule has 10 rings (SSSR count). The number of nitrogens with zero attached hydrogens (tertiary/aromatic N) is 4. The van der Waals surface area contributed by atoms with Crippen molar-refractivity contribution in [3.05, 3.63) is 188 Å². The minimum Gasteiger partial charge on any atom is -0.335 e. The molecule has 9 aromatic rings. The molecule has 4 heteroatoms. The molecule has 0 radical (unpaired) electrons. The third-order valence-electron chi connectivity index (χ3n) is 10.5. The second kappa shape index (κ2) is 12.6. The van der Waals surface area contributed by atoms with Crippen molar-refractivity contribution in [2.24, 2.45) is 4.99 Å². The van der Waals surface area contributed by atoms with Gasteiger partial charge in [-0.15, -0.1) is 0 Å². The van der Waals surface area contributed by atoms with E-state index >= 15 is 0 Å². The lowest BCUT2D eigenvalue weighted by molar-refractivity contribution is 0.961. The fourth-order valence-electron chi connectivity index (χ4n) is 7.85. The van der Waals surface area contributed by atoms with E-state index in [1.165, 1.54) is 55.4 Å². The van der Waals surface area contributed by atoms with E-state index in [0.717, 1.165) is 46.0 Å². The molecular weight excluding hydrogens is 645 g/mol. The molecular formula is C49H34N4. The molecule has 0 bridgehead atoms. The van der Waals surface area contributed by atoms with Gasteiger partial charge in [0, 0.05) is 29.0 Å². The Morgan fingerprint density at radius 2 is 1.09 bits per heavy atom. The largest absolute Gasteiger partial charge is 0.335 e. The zero-order chi connectivity index (χ0) is 35.3. The maximum absolute atomic E-state index is 5.05. The number of rotatable bonds is 6.